The molecule has 0 amide bonds. The highest BCUT2D eigenvalue weighted by Crippen LogP contribution is 2.30. The molecule has 1 aliphatic heterocycles. The van der Waals surface area contributed by atoms with Crippen LogP contribution in [0.4, 0.5) is 11.8 Å². The Hall–Kier alpha value is -1.56. The van der Waals surface area contributed by atoms with E-state index in [1.807, 2.05) is 0 Å². The Morgan fingerprint density at radius 3 is 2.27 bits per heavy atom. The molecule has 2 aromatic rings. The van der Waals surface area contributed by atoms with Crippen molar-refractivity contribution >= 4 is 35.0 Å². The second kappa shape index (κ2) is 6.28. The molecule has 1 fully saturated rings. The van der Waals surface area contributed by atoms with E-state index in [4.69, 9.17) is 28.9 Å². The fourth-order valence-electron chi connectivity index (χ4n) is 2.48. The minimum Gasteiger partial charge on any atom is -0.383 e. The maximum Gasteiger partial charge on any atom is 0.227 e. The maximum atomic E-state index is 6.11. The zero-order chi connectivity index (χ0) is 15.7. The summed E-state index contributed by atoms with van der Waals surface area (Å²) < 4.78 is 0. The lowest BCUT2D eigenvalue weighted by Gasteiger charge is -2.32. The van der Waals surface area contributed by atoms with Crippen molar-refractivity contribution in [3.8, 4) is 11.1 Å². The van der Waals surface area contributed by atoms with E-state index < -0.39 is 0 Å². The first-order valence-corrected chi connectivity index (χ1v) is 7.81. The minimum atomic E-state index is 0.433. The van der Waals surface area contributed by atoms with Crippen LogP contribution >= 0.6 is 23.2 Å². The molecule has 116 valence electrons. The first kappa shape index (κ1) is 15.3. The number of likely N-dealkylation sites (N-methyl/N-ethyl adjacent to an activating group) is 1. The molecule has 2 heterocycles. The highest BCUT2D eigenvalue weighted by molar-refractivity contribution is 6.35. The van der Waals surface area contributed by atoms with Crippen LogP contribution in [0.25, 0.3) is 11.1 Å². The summed E-state index contributed by atoms with van der Waals surface area (Å²) in [5.41, 5.74) is 7.67. The maximum absolute atomic E-state index is 6.11. The topological polar surface area (TPSA) is 58.3 Å². The monoisotopic (exact) mass is 337 g/mol. The number of nitrogens with zero attached hydrogens (tertiary/aromatic N) is 4. The number of piperazine rings is 1. The lowest BCUT2D eigenvalue weighted by atomic mass is 10.1. The summed E-state index contributed by atoms with van der Waals surface area (Å²) in [6.45, 7) is 3.79. The van der Waals surface area contributed by atoms with E-state index in [1.54, 1.807) is 24.4 Å². The molecule has 2 N–H and O–H groups in total. The van der Waals surface area contributed by atoms with Crippen LogP contribution in [0.3, 0.4) is 0 Å². The van der Waals surface area contributed by atoms with Gasteiger partial charge in [-0.05, 0) is 30.8 Å². The van der Waals surface area contributed by atoms with E-state index in [1.165, 1.54) is 0 Å². The summed E-state index contributed by atoms with van der Waals surface area (Å²) in [7, 11) is 2.11. The van der Waals surface area contributed by atoms with Gasteiger partial charge >= 0.3 is 0 Å². The van der Waals surface area contributed by atoms with Gasteiger partial charge in [0.25, 0.3) is 0 Å². The van der Waals surface area contributed by atoms with E-state index >= 15 is 0 Å². The van der Waals surface area contributed by atoms with Gasteiger partial charge in [-0.15, -0.1) is 0 Å². The van der Waals surface area contributed by atoms with Crippen molar-refractivity contribution in [2.45, 2.75) is 0 Å². The molecule has 1 saturated heterocycles. The summed E-state index contributed by atoms with van der Waals surface area (Å²) in [5.74, 6) is 1.10. The fourth-order valence-corrected chi connectivity index (χ4v) is 3.00. The lowest BCUT2D eigenvalue weighted by Crippen LogP contribution is -2.45. The predicted molar refractivity (Wildman–Crippen MR) is 91.6 cm³/mol. The lowest BCUT2D eigenvalue weighted by molar-refractivity contribution is 0.311. The number of anilines is 2. The molecule has 0 saturated carbocycles. The zero-order valence-corrected chi connectivity index (χ0v) is 13.8. The Labute approximate surface area is 139 Å². The highest BCUT2D eigenvalue weighted by Gasteiger charge is 2.17. The summed E-state index contributed by atoms with van der Waals surface area (Å²) in [4.78, 5) is 13.3. The summed E-state index contributed by atoms with van der Waals surface area (Å²) in [6, 6.07) is 5.29. The van der Waals surface area contributed by atoms with Gasteiger partial charge in [0.2, 0.25) is 5.95 Å². The van der Waals surface area contributed by atoms with Crippen molar-refractivity contribution < 1.29 is 0 Å². The van der Waals surface area contributed by atoms with Crippen molar-refractivity contribution in [3.05, 3.63) is 34.4 Å². The molecule has 0 aliphatic carbocycles. The Kier molecular flexibility index (Phi) is 4.38. The number of benzene rings is 1. The number of rotatable bonds is 2. The van der Waals surface area contributed by atoms with Gasteiger partial charge in [-0.25, -0.2) is 4.98 Å². The third-order valence-electron chi connectivity index (χ3n) is 3.77. The SMILES string of the molecule is CN1CCN(c2ncc(-c3cc(Cl)cc(Cl)c3)c(N)n2)CC1. The van der Waals surface area contributed by atoms with Crippen LogP contribution in [-0.2, 0) is 0 Å². The van der Waals surface area contributed by atoms with Gasteiger partial charge in [0.15, 0.2) is 0 Å². The first-order valence-electron chi connectivity index (χ1n) is 7.05. The summed E-state index contributed by atoms with van der Waals surface area (Å²) in [5, 5.41) is 1.12. The molecule has 0 atom stereocenters. The van der Waals surface area contributed by atoms with Crippen molar-refractivity contribution in [3.63, 3.8) is 0 Å². The molecule has 0 radical (unpaired) electrons. The molecule has 5 nitrogen and oxygen atoms in total. The molecule has 22 heavy (non-hydrogen) atoms. The number of hydrogen-bond donors (Lipinski definition) is 1. The van der Waals surface area contributed by atoms with Crippen LogP contribution in [0.1, 0.15) is 0 Å². The van der Waals surface area contributed by atoms with Crippen LogP contribution < -0.4 is 10.6 Å². The summed E-state index contributed by atoms with van der Waals surface area (Å²) >= 11 is 12.1. The molecule has 3 rings (SSSR count). The largest absolute Gasteiger partial charge is 0.383 e. The van der Waals surface area contributed by atoms with Crippen molar-refractivity contribution in [2.75, 3.05) is 43.9 Å². The van der Waals surface area contributed by atoms with Crippen LogP contribution in [0.2, 0.25) is 10.0 Å². The Morgan fingerprint density at radius 2 is 1.68 bits per heavy atom. The molecule has 0 unspecified atom stereocenters. The Balaban J connectivity index is 1.89. The van der Waals surface area contributed by atoms with E-state index in [9.17, 15) is 0 Å². The van der Waals surface area contributed by atoms with Gasteiger partial charge < -0.3 is 15.5 Å². The highest BCUT2D eigenvalue weighted by atomic mass is 35.5. The third kappa shape index (κ3) is 3.27. The first-order chi connectivity index (χ1) is 10.5. The van der Waals surface area contributed by atoms with Crippen LogP contribution in [-0.4, -0.2) is 48.1 Å². The third-order valence-corrected chi connectivity index (χ3v) is 4.20. The number of nitrogens with two attached hydrogens (primary N) is 1. The predicted octanol–water partition coefficient (Wildman–Crippen LogP) is 2.78. The molecule has 0 spiro atoms. The van der Waals surface area contributed by atoms with Gasteiger partial charge in [-0.1, -0.05) is 23.2 Å². The zero-order valence-electron chi connectivity index (χ0n) is 12.3. The average molecular weight is 338 g/mol. The Bertz CT molecular complexity index is 663. The fraction of sp³-hybridized carbons (Fsp3) is 0.333. The van der Waals surface area contributed by atoms with Crippen molar-refractivity contribution in [2.24, 2.45) is 0 Å². The van der Waals surface area contributed by atoms with Gasteiger partial charge in [0.1, 0.15) is 5.82 Å². The average Bonchev–Trinajstić information content (AvgIpc) is 2.46. The van der Waals surface area contributed by atoms with Crippen molar-refractivity contribution in [1.29, 1.82) is 0 Å². The van der Waals surface area contributed by atoms with E-state index in [2.05, 4.69) is 26.8 Å². The number of nitrogen functional groups attached to an aromatic ring is 1. The molecular weight excluding hydrogens is 321 g/mol. The quantitative estimate of drug-likeness (QED) is 0.912. The normalized spacial score (nSPS) is 16.0. The van der Waals surface area contributed by atoms with Crippen LogP contribution in [0, 0.1) is 0 Å². The number of aromatic nitrogens is 2. The van der Waals surface area contributed by atoms with Crippen LogP contribution in [0.5, 0.6) is 0 Å². The van der Waals surface area contributed by atoms with Gasteiger partial charge in [0, 0.05) is 48.0 Å². The molecular formula is C15H17Cl2N5. The standard InChI is InChI=1S/C15H17Cl2N5/c1-21-2-4-22(5-3-21)15-19-9-13(14(18)20-15)10-6-11(16)8-12(17)7-10/h6-9H,2-5H2,1H3,(H2,18,19,20). The van der Waals surface area contributed by atoms with Gasteiger partial charge in [0.05, 0.1) is 0 Å². The Morgan fingerprint density at radius 1 is 1.05 bits per heavy atom. The second-order valence-corrected chi connectivity index (χ2v) is 6.29. The van der Waals surface area contributed by atoms with Crippen LogP contribution in [0.15, 0.2) is 24.4 Å². The molecule has 1 aromatic heterocycles. The van der Waals surface area contributed by atoms with E-state index in [0.29, 0.717) is 21.8 Å². The van der Waals surface area contributed by atoms with Crippen molar-refractivity contribution in [1.82, 2.24) is 14.9 Å². The smallest absolute Gasteiger partial charge is 0.227 e. The van der Waals surface area contributed by atoms with E-state index in [0.717, 1.165) is 37.3 Å². The van der Waals surface area contributed by atoms with E-state index in [-0.39, 0.29) is 0 Å². The number of hydrogen-bond acceptors (Lipinski definition) is 5. The van der Waals surface area contributed by atoms with Gasteiger partial charge in [-0.3, -0.25) is 0 Å². The molecule has 1 aliphatic rings. The second-order valence-electron chi connectivity index (χ2n) is 5.42. The molecule has 1 aromatic carbocycles. The summed E-state index contributed by atoms with van der Waals surface area (Å²) in [6.07, 6.45) is 1.73. The molecule has 7 heteroatoms. The van der Waals surface area contributed by atoms with Gasteiger partial charge in [-0.2, -0.15) is 4.98 Å². The molecule has 0 bridgehead atoms. The number of halogens is 2. The minimum absolute atomic E-state index is 0.433.